The minimum atomic E-state index is -4.03. The summed E-state index contributed by atoms with van der Waals surface area (Å²) in [6.45, 7) is 5.56. The zero-order chi connectivity index (χ0) is 25.9. The number of ether oxygens (including phenoxy) is 1. The molecule has 0 bridgehead atoms. The highest BCUT2D eigenvalue weighted by atomic mass is 35.5. The minimum Gasteiger partial charge on any atom is -0.487 e. The fourth-order valence-corrected chi connectivity index (χ4v) is 6.34. The third-order valence-electron chi connectivity index (χ3n) is 6.88. The highest BCUT2D eigenvalue weighted by molar-refractivity contribution is 7.92. The molecule has 1 unspecified atom stereocenters. The molecular formula is C28H31ClN2O4S. The Morgan fingerprint density at radius 3 is 2.42 bits per heavy atom. The van der Waals surface area contributed by atoms with E-state index in [1.165, 1.54) is 12.1 Å². The molecule has 0 spiro atoms. The summed E-state index contributed by atoms with van der Waals surface area (Å²) in [7, 11) is -4.03. The van der Waals surface area contributed by atoms with Crippen molar-refractivity contribution < 1.29 is 17.9 Å². The van der Waals surface area contributed by atoms with E-state index in [1.807, 2.05) is 24.3 Å². The Balaban J connectivity index is 1.68. The molecule has 1 heterocycles. The van der Waals surface area contributed by atoms with Gasteiger partial charge in [-0.05, 0) is 55.7 Å². The maximum atomic E-state index is 13.7. The first-order valence-electron chi connectivity index (χ1n) is 12.1. The predicted octanol–water partition coefficient (Wildman–Crippen LogP) is 6.04. The summed E-state index contributed by atoms with van der Waals surface area (Å²) in [5, 5.41) is 3.49. The van der Waals surface area contributed by atoms with Crippen molar-refractivity contribution in [2.24, 2.45) is 0 Å². The van der Waals surface area contributed by atoms with Gasteiger partial charge in [0.05, 0.1) is 16.6 Å². The van der Waals surface area contributed by atoms with Gasteiger partial charge in [0.15, 0.2) is 0 Å². The Morgan fingerprint density at radius 1 is 1.06 bits per heavy atom. The van der Waals surface area contributed by atoms with Gasteiger partial charge in [0.25, 0.3) is 10.0 Å². The van der Waals surface area contributed by atoms with Crippen LogP contribution in [0.1, 0.15) is 50.3 Å². The van der Waals surface area contributed by atoms with E-state index in [9.17, 15) is 13.2 Å². The van der Waals surface area contributed by atoms with E-state index >= 15 is 0 Å². The zero-order valence-electron chi connectivity index (χ0n) is 20.7. The molecule has 1 aliphatic heterocycles. The van der Waals surface area contributed by atoms with Crippen LogP contribution in [-0.4, -0.2) is 26.5 Å². The number of hydrogen-bond donors (Lipinski definition) is 1. The van der Waals surface area contributed by atoms with Crippen LogP contribution in [0.5, 0.6) is 5.75 Å². The van der Waals surface area contributed by atoms with Crippen molar-refractivity contribution >= 4 is 33.2 Å². The molecule has 0 saturated carbocycles. The number of benzene rings is 3. The lowest BCUT2D eigenvalue weighted by Crippen LogP contribution is -2.47. The Kier molecular flexibility index (Phi) is 7.62. The number of anilines is 1. The molecule has 1 atom stereocenters. The summed E-state index contributed by atoms with van der Waals surface area (Å²) >= 11 is 6.23. The number of carbonyl (C=O) groups excluding carboxylic acids is 1. The van der Waals surface area contributed by atoms with Crippen LogP contribution < -0.4 is 14.4 Å². The monoisotopic (exact) mass is 526 g/mol. The smallest absolute Gasteiger partial charge is 0.264 e. The van der Waals surface area contributed by atoms with Gasteiger partial charge in [-0.15, -0.1) is 0 Å². The molecule has 8 heteroatoms. The predicted molar refractivity (Wildman–Crippen MR) is 143 cm³/mol. The normalized spacial score (nSPS) is 16.5. The maximum Gasteiger partial charge on any atom is 0.264 e. The third-order valence-corrected chi connectivity index (χ3v) is 8.89. The van der Waals surface area contributed by atoms with Crippen LogP contribution in [0.2, 0.25) is 5.02 Å². The van der Waals surface area contributed by atoms with Crippen molar-refractivity contribution in [3.05, 3.63) is 88.9 Å². The van der Waals surface area contributed by atoms with Crippen LogP contribution in [0, 0.1) is 6.92 Å². The minimum absolute atomic E-state index is 0.101. The molecule has 0 aliphatic carbocycles. The molecule has 0 fully saturated rings. The molecule has 3 aromatic rings. The number of nitrogens with one attached hydrogen (secondary N) is 1. The van der Waals surface area contributed by atoms with E-state index in [0.717, 1.165) is 28.5 Å². The highest BCUT2D eigenvalue weighted by Gasteiger charge is 2.39. The number of sulfonamides is 1. The number of fused-ring (bicyclic) bond motifs is 1. The Hall–Kier alpha value is -3.03. The quantitative estimate of drug-likeness (QED) is 0.388. The number of rotatable bonds is 8. The molecular weight excluding hydrogens is 496 g/mol. The lowest BCUT2D eigenvalue weighted by Gasteiger charge is -2.41. The summed E-state index contributed by atoms with van der Waals surface area (Å²) in [4.78, 5) is 13.6. The van der Waals surface area contributed by atoms with Crippen molar-refractivity contribution in [1.82, 2.24) is 5.32 Å². The van der Waals surface area contributed by atoms with Crippen molar-refractivity contribution in [2.75, 3.05) is 10.8 Å². The first-order chi connectivity index (χ1) is 17.2. The van der Waals surface area contributed by atoms with Crippen molar-refractivity contribution in [1.29, 1.82) is 0 Å². The first kappa shape index (κ1) is 26.0. The molecule has 6 nitrogen and oxygen atoms in total. The number of nitrogens with zero attached hydrogens (tertiary/aromatic N) is 1. The summed E-state index contributed by atoms with van der Waals surface area (Å²) in [5.41, 5.74) is 1.55. The number of hydrogen-bond acceptors (Lipinski definition) is 4. The average molecular weight is 527 g/mol. The second-order valence-electron chi connectivity index (χ2n) is 9.11. The summed E-state index contributed by atoms with van der Waals surface area (Å²) < 4.78 is 34.9. The molecule has 4 rings (SSSR count). The van der Waals surface area contributed by atoms with Crippen LogP contribution in [0.4, 0.5) is 5.69 Å². The molecule has 0 saturated heterocycles. The van der Waals surface area contributed by atoms with Gasteiger partial charge in [0, 0.05) is 17.0 Å². The van der Waals surface area contributed by atoms with Crippen molar-refractivity contribution in [3.63, 3.8) is 0 Å². The maximum absolute atomic E-state index is 13.7. The zero-order valence-corrected chi connectivity index (χ0v) is 22.3. The van der Waals surface area contributed by atoms with Crippen LogP contribution in [0.3, 0.4) is 0 Å². The Bertz CT molecular complexity index is 1340. The van der Waals surface area contributed by atoms with Gasteiger partial charge in [-0.1, -0.05) is 67.9 Å². The number of halogens is 1. The number of para-hydroxylation sites is 1. The van der Waals surface area contributed by atoms with Crippen LogP contribution in [0.15, 0.2) is 77.7 Å². The molecule has 3 aromatic carbocycles. The van der Waals surface area contributed by atoms with Gasteiger partial charge >= 0.3 is 0 Å². The van der Waals surface area contributed by atoms with Gasteiger partial charge in [-0.25, -0.2) is 8.42 Å². The van der Waals surface area contributed by atoms with E-state index < -0.39 is 21.5 Å². The molecule has 1 N–H and O–H groups in total. The second kappa shape index (κ2) is 10.5. The Labute approximate surface area is 218 Å². The van der Waals surface area contributed by atoms with E-state index in [4.69, 9.17) is 16.3 Å². The molecule has 0 aromatic heterocycles. The summed E-state index contributed by atoms with van der Waals surface area (Å²) in [6.07, 6.45) is 2.19. The average Bonchev–Trinajstić information content (AvgIpc) is 2.89. The highest BCUT2D eigenvalue weighted by Crippen LogP contribution is 2.42. The molecule has 1 amide bonds. The van der Waals surface area contributed by atoms with Gasteiger partial charge < -0.3 is 10.1 Å². The molecule has 1 aliphatic rings. The lowest BCUT2D eigenvalue weighted by atomic mass is 9.83. The van der Waals surface area contributed by atoms with Gasteiger partial charge in [0.1, 0.15) is 17.9 Å². The van der Waals surface area contributed by atoms with Gasteiger partial charge in [-0.2, -0.15) is 0 Å². The third kappa shape index (κ3) is 5.22. The fraction of sp³-hybridized carbons (Fsp3) is 0.321. The van der Waals surface area contributed by atoms with E-state index in [2.05, 4.69) is 19.2 Å². The largest absolute Gasteiger partial charge is 0.487 e. The molecule has 36 heavy (non-hydrogen) atoms. The number of carbonyl (C=O) groups is 1. The van der Waals surface area contributed by atoms with E-state index in [-0.39, 0.29) is 17.5 Å². The first-order valence-corrected chi connectivity index (χ1v) is 13.9. The van der Waals surface area contributed by atoms with E-state index in [0.29, 0.717) is 22.7 Å². The molecule has 0 radical (unpaired) electrons. The van der Waals surface area contributed by atoms with Crippen LogP contribution >= 0.6 is 11.6 Å². The van der Waals surface area contributed by atoms with Crippen molar-refractivity contribution in [3.8, 4) is 5.75 Å². The number of aryl methyl sites for hydroxylation is 1. The summed E-state index contributed by atoms with van der Waals surface area (Å²) in [6, 6.07) is 20.5. The van der Waals surface area contributed by atoms with Crippen molar-refractivity contribution in [2.45, 2.75) is 56.6 Å². The van der Waals surface area contributed by atoms with E-state index in [1.54, 1.807) is 43.3 Å². The van der Waals surface area contributed by atoms with Crippen LogP contribution in [0.25, 0.3) is 0 Å². The van der Waals surface area contributed by atoms with Gasteiger partial charge in [-0.3, -0.25) is 9.10 Å². The standard InChI is InChI=1S/C28H31ClN2O4S/c1-4-28(5-2)18-24(23-13-9-10-14-26(23)35-28)30-27(32)19-31(25-17-21(29)16-15-20(25)3)36(33,34)22-11-7-6-8-12-22/h6-17,24H,4-5,18-19H2,1-3H3,(H,30,32). The molecule has 190 valence electrons. The van der Waals surface area contributed by atoms with Gasteiger partial charge in [0.2, 0.25) is 5.91 Å². The topological polar surface area (TPSA) is 75.7 Å². The second-order valence-corrected chi connectivity index (χ2v) is 11.4. The number of amides is 1. The summed E-state index contributed by atoms with van der Waals surface area (Å²) in [5.74, 6) is 0.342. The van der Waals surface area contributed by atoms with Crippen LogP contribution in [-0.2, 0) is 14.8 Å². The fourth-order valence-electron chi connectivity index (χ4n) is 4.67. The lowest BCUT2D eigenvalue weighted by molar-refractivity contribution is -0.121. The SMILES string of the molecule is CCC1(CC)CC(NC(=O)CN(c2cc(Cl)ccc2C)S(=O)(=O)c2ccccc2)c2ccccc2O1. The Morgan fingerprint density at radius 2 is 1.72 bits per heavy atom.